The van der Waals surface area contributed by atoms with Crippen LogP contribution in [0.4, 0.5) is 0 Å². The number of phenolic OH excluding ortho intramolecular Hbond substituents is 1. The minimum atomic E-state index is -1.69. The van der Waals surface area contributed by atoms with Crippen molar-refractivity contribution in [2.75, 3.05) is 6.61 Å². The molecule has 1 aliphatic carbocycles. The summed E-state index contributed by atoms with van der Waals surface area (Å²) in [6.45, 7) is 3.29. The van der Waals surface area contributed by atoms with Gasteiger partial charge in [0.15, 0.2) is 11.6 Å². The van der Waals surface area contributed by atoms with E-state index in [9.17, 15) is 45.0 Å². The fraction of sp³-hybridized carbons (Fsp3) is 0.324. The van der Waals surface area contributed by atoms with E-state index in [4.69, 9.17) is 14.2 Å². The number of rotatable bonds is 8. The first kappa shape index (κ1) is 32.9. The molecule has 242 valence electrons. The van der Waals surface area contributed by atoms with Crippen molar-refractivity contribution in [1.29, 1.82) is 0 Å². The number of benzene rings is 3. The third-order valence-electron chi connectivity index (χ3n) is 8.11. The molecule has 1 fully saturated rings. The van der Waals surface area contributed by atoms with Crippen LogP contribution in [-0.4, -0.2) is 85.5 Å². The van der Waals surface area contributed by atoms with Crippen molar-refractivity contribution in [2.24, 2.45) is 0 Å². The molecule has 12 nitrogen and oxygen atoms in total. The van der Waals surface area contributed by atoms with E-state index in [-0.39, 0.29) is 57.1 Å². The number of fused-ring (bicyclic) bond motifs is 2. The molecule has 6 N–H and O–H groups in total. The van der Waals surface area contributed by atoms with Crippen molar-refractivity contribution in [3.8, 4) is 17.2 Å². The Morgan fingerprint density at radius 1 is 0.935 bits per heavy atom. The molecule has 1 heterocycles. The highest BCUT2D eigenvalue weighted by Crippen LogP contribution is 2.44. The lowest BCUT2D eigenvalue weighted by Crippen LogP contribution is -2.58. The molecule has 3 aromatic rings. The van der Waals surface area contributed by atoms with E-state index in [1.54, 1.807) is 18.2 Å². The maximum Gasteiger partial charge on any atom is 0.308 e. The fourth-order valence-corrected chi connectivity index (χ4v) is 5.68. The number of carbonyl (C=O) groups is 3. The van der Waals surface area contributed by atoms with Crippen LogP contribution in [-0.2, 0) is 22.6 Å². The van der Waals surface area contributed by atoms with Crippen molar-refractivity contribution in [2.45, 2.75) is 64.5 Å². The van der Waals surface area contributed by atoms with E-state index in [1.165, 1.54) is 32.1 Å². The topological polar surface area (TPSA) is 200 Å². The molecule has 0 radical (unpaired) electrons. The number of ether oxygens (including phenoxy) is 3. The normalized spacial score (nSPS) is 22.5. The molecular weight excluding hydrogens is 600 g/mol. The van der Waals surface area contributed by atoms with Crippen LogP contribution in [0, 0.1) is 6.92 Å². The Hall–Kier alpha value is -4.43. The molecule has 0 spiro atoms. The van der Waals surface area contributed by atoms with Crippen LogP contribution in [0.3, 0.4) is 0 Å². The summed E-state index contributed by atoms with van der Waals surface area (Å²) < 4.78 is 16.7. The predicted molar refractivity (Wildman–Crippen MR) is 163 cm³/mol. The van der Waals surface area contributed by atoms with Crippen molar-refractivity contribution in [3.05, 3.63) is 86.5 Å². The number of phenols is 1. The summed E-state index contributed by atoms with van der Waals surface area (Å²) in [7, 11) is 0. The van der Waals surface area contributed by atoms with Gasteiger partial charge in [0, 0.05) is 41.3 Å². The molecule has 46 heavy (non-hydrogen) atoms. The van der Waals surface area contributed by atoms with Gasteiger partial charge in [0.1, 0.15) is 35.6 Å². The average Bonchev–Trinajstić information content (AvgIpc) is 3.02. The zero-order valence-corrected chi connectivity index (χ0v) is 25.3. The van der Waals surface area contributed by atoms with Crippen LogP contribution < -0.4 is 9.47 Å². The second-order valence-corrected chi connectivity index (χ2v) is 11.2. The first-order valence-corrected chi connectivity index (χ1v) is 14.6. The van der Waals surface area contributed by atoms with Gasteiger partial charge in [-0.2, -0.15) is 0 Å². The van der Waals surface area contributed by atoms with Crippen LogP contribution in [0.2, 0.25) is 0 Å². The van der Waals surface area contributed by atoms with Gasteiger partial charge in [-0.05, 0) is 55.2 Å². The lowest BCUT2D eigenvalue weighted by Gasteiger charge is -2.39. The summed E-state index contributed by atoms with van der Waals surface area (Å²) in [6.07, 6.45) is -3.56. The fourth-order valence-electron chi connectivity index (χ4n) is 5.68. The van der Waals surface area contributed by atoms with Crippen molar-refractivity contribution in [1.82, 2.24) is 0 Å². The van der Waals surface area contributed by atoms with Crippen LogP contribution in [0.5, 0.6) is 17.2 Å². The van der Waals surface area contributed by atoms with Crippen molar-refractivity contribution >= 4 is 29.7 Å². The van der Waals surface area contributed by atoms with Gasteiger partial charge in [-0.3, -0.25) is 14.4 Å². The predicted octanol–water partition coefficient (Wildman–Crippen LogP) is 1.81. The molecule has 0 unspecified atom stereocenters. The molecule has 0 aromatic heterocycles. The Morgan fingerprint density at radius 3 is 2.35 bits per heavy atom. The Kier molecular flexibility index (Phi) is 9.40. The summed E-state index contributed by atoms with van der Waals surface area (Å²) in [4.78, 5) is 40.4. The minimum absolute atomic E-state index is 0.00464. The molecular formula is C34H34O12. The number of carbonyl (C=O) groups excluding carboxylic acids is 3. The molecule has 1 saturated heterocycles. The number of esters is 1. The van der Waals surface area contributed by atoms with Gasteiger partial charge in [-0.1, -0.05) is 30.3 Å². The van der Waals surface area contributed by atoms with E-state index >= 15 is 0 Å². The first-order chi connectivity index (χ1) is 21.9. The standard InChI is InChI=1S/C34H34O12/c1-15-23(46-34-33(43)32(42)29(39)16(2)44-34)13-22-27(28(15)38)31(41)25-20(14-36)12-24(45-17(3)37)21(26(25)30(22)40)8-7-18-5-4-6-19(11-18)9-10-35/h4-8,11-13,16,29,32-36,38-39,42-43H,9-10,14H2,1-3H3/t16-,29+,32+,33+,34-/m0/s1. The Balaban J connectivity index is 1.66. The number of hydrogen-bond acceptors (Lipinski definition) is 12. The third kappa shape index (κ3) is 5.94. The van der Waals surface area contributed by atoms with Gasteiger partial charge in [0.2, 0.25) is 6.29 Å². The van der Waals surface area contributed by atoms with E-state index in [0.29, 0.717) is 12.0 Å². The minimum Gasteiger partial charge on any atom is -0.507 e. The molecule has 5 atom stereocenters. The average molecular weight is 635 g/mol. The Bertz CT molecular complexity index is 1740. The lowest BCUT2D eigenvalue weighted by molar-refractivity contribution is -0.268. The van der Waals surface area contributed by atoms with Gasteiger partial charge in [0.05, 0.1) is 18.3 Å². The van der Waals surface area contributed by atoms with Gasteiger partial charge < -0.3 is 44.8 Å². The van der Waals surface area contributed by atoms with Crippen LogP contribution in [0.15, 0.2) is 36.4 Å². The van der Waals surface area contributed by atoms with Crippen LogP contribution in [0.25, 0.3) is 12.2 Å². The van der Waals surface area contributed by atoms with Crippen molar-refractivity contribution < 1.29 is 59.2 Å². The largest absolute Gasteiger partial charge is 0.507 e. The Labute approximate surface area is 263 Å². The summed E-state index contributed by atoms with van der Waals surface area (Å²) in [5.74, 6) is -3.05. The van der Waals surface area contributed by atoms with Gasteiger partial charge in [-0.15, -0.1) is 0 Å². The van der Waals surface area contributed by atoms with Gasteiger partial charge in [0.25, 0.3) is 0 Å². The molecule has 0 bridgehead atoms. The highest BCUT2D eigenvalue weighted by Gasteiger charge is 2.44. The summed E-state index contributed by atoms with van der Waals surface area (Å²) in [5, 5.41) is 61.5. The molecule has 5 rings (SSSR count). The van der Waals surface area contributed by atoms with Crippen LogP contribution >= 0.6 is 0 Å². The van der Waals surface area contributed by atoms with E-state index in [0.717, 1.165) is 12.5 Å². The van der Waals surface area contributed by atoms with E-state index < -0.39 is 60.6 Å². The number of hydrogen-bond donors (Lipinski definition) is 6. The highest BCUT2D eigenvalue weighted by molar-refractivity contribution is 6.31. The molecule has 3 aromatic carbocycles. The smallest absolute Gasteiger partial charge is 0.308 e. The molecule has 12 heteroatoms. The summed E-state index contributed by atoms with van der Waals surface area (Å²) in [6, 6.07) is 9.72. The monoisotopic (exact) mass is 634 g/mol. The Morgan fingerprint density at radius 2 is 1.67 bits per heavy atom. The quantitative estimate of drug-likeness (QED) is 0.0934. The van der Waals surface area contributed by atoms with Gasteiger partial charge in [-0.25, -0.2) is 0 Å². The SMILES string of the molecule is CC(=O)Oc1cc(CO)c2c(c1C=Cc1cccc(CCO)c1)C(=O)c1cc(O[C@@H]3O[C@@H](C)[C@@H](O)[C@@H](O)[C@H]3O)c(C)c(O)c1C2=O. The third-order valence-corrected chi connectivity index (χ3v) is 8.11. The zero-order chi connectivity index (χ0) is 33.4. The molecule has 1 aliphatic heterocycles. The number of aliphatic hydroxyl groups excluding tert-OH is 5. The second kappa shape index (κ2) is 13.1. The second-order valence-electron chi connectivity index (χ2n) is 11.2. The number of aliphatic hydroxyl groups is 5. The first-order valence-electron chi connectivity index (χ1n) is 14.6. The van der Waals surface area contributed by atoms with E-state index in [2.05, 4.69) is 0 Å². The zero-order valence-electron chi connectivity index (χ0n) is 25.3. The molecule has 0 saturated carbocycles. The number of ketones is 2. The van der Waals surface area contributed by atoms with Gasteiger partial charge >= 0.3 is 5.97 Å². The summed E-state index contributed by atoms with van der Waals surface area (Å²) in [5.41, 5.74) is 0.667. The van der Waals surface area contributed by atoms with Crippen LogP contribution in [0.1, 0.15) is 73.5 Å². The van der Waals surface area contributed by atoms with E-state index in [1.807, 2.05) is 12.1 Å². The van der Waals surface area contributed by atoms with Crippen molar-refractivity contribution in [3.63, 3.8) is 0 Å². The maximum atomic E-state index is 14.3. The summed E-state index contributed by atoms with van der Waals surface area (Å²) >= 11 is 0. The maximum absolute atomic E-state index is 14.3. The lowest BCUT2D eigenvalue weighted by atomic mass is 9.78. The molecule has 2 aliphatic rings. The number of aromatic hydroxyl groups is 1. The highest BCUT2D eigenvalue weighted by atomic mass is 16.7. The molecule has 0 amide bonds.